The van der Waals surface area contributed by atoms with E-state index in [1.54, 1.807) is 18.2 Å². The molecule has 4 rings (SSSR count). The predicted molar refractivity (Wildman–Crippen MR) is 127 cm³/mol. The molecule has 3 aromatic rings. The van der Waals surface area contributed by atoms with Crippen LogP contribution in [0.4, 0.5) is 5.69 Å². The molecule has 0 spiro atoms. The molecule has 1 aliphatic rings. The first-order chi connectivity index (χ1) is 16.4. The minimum absolute atomic E-state index is 0.0151. The Bertz CT molecular complexity index is 1350. The number of carbonyl (C=O) groups excluding carboxylic acids is 1. The molecule has 0 N–H and O–H groups in total. The van der Waals surface area contributed by atoms with Gasteiger partial charge in [0, 0.05) is 17.2 Å². The normalized spacial score (nSPS) is 14.0. The number of rotatable bonds is 7. The van der Waals surface area contributed by atoms with E-state index in [2.05, 4.69) is 4.99 Å². The van der Waals surface area contributed by atoms with Crippen molar-refractivity contribution >= 4 is 35.2 Å². The molecule has 0 unspecified atom stereocenters. The third-order valence-corrected chi connectivity index (χ3v) is 5.32. The highest BCUT2D eigenvalue weighted by molar-refractivity contribution is 6.32. The first kappa shape index (κ1) is 23.0. The number of nitrogens with zero attached hydrogens (tertiary/aromatic N) is 2. The zero-order valence-corrected chi connectivity index (χ0v) is 19.0. The van der Waals surface area contributed by atoms with Crippen LogP contribution in [0.15, 0.2) is 71.4 Å². The monoisotopic (exact) mass is 478 g/mol. The van der Waals surface area contributed by atoms with Crippen molar-refractivity contribution in [2.24, 2.45) is 4.99 Å². The lowest BCUT2D eigenvalue weighted by Gasteiger charge is -2.14. The highest BCUT2D eigenvalue weighted by atomic mass is 35.5. The van der Waals surface area contributed by atoms with Gasteiger partial charge in [-0.2, -0.15) is 0 Å². The van der Waals surface area contributed by atoms with E-state index in [0.717, 1.165) is 11.1 Å². The largest absolute Gasteiger partial charge is 0.493 e. The molecular formula is C25H19ClN2O6. The standard InChI is InChI=1S/C25H19ClN2O6/c1-15-5-3-6-16(11-15)14-33-23-17(7-4-8-22(23)32-2)12-20-25(29)34-24(27-20)18-9-10-19(26)21(13-18)28(30)31/h3-13H,14H2,1-2H3/b20-12-. The summed E-state index contributed by atoms with van der Waals surface area (Å²) in [5.41, 5.74) is 2.62. The van der Waals surface area contributed by atoms with Crippen LogP contribution in [0, 0.1) is 17.0 Å². The molecule has 0 radical (unpaired) electrons. The van der Waals surface area contributed by atoms with Crippen LogP contribution in [0.1, 0.15) is 22.3 Å². The van der Waals surface area contributed by atoms with Gasteiger partial charge in [0.15, 0.2) is 17.2 Å². The van der Waals surface area contributed by atoms with E-state index < -0.39 is 10.9 Å². The van der Waals surface area contributed by atoms with Crippen LogP contribution in [0.3, 0.4) is 0 Å². The highest BCUT2D eigenvalue weighted by Crippen LogP contribution is 2.34. The molecule has 8 nitrogen and oxygen atoms in total. The first-order valence-corrected chi connectivity index (χ1v) is 10.6. The Balaban J connectivity index is 1.67. The molecule has 172 valence electrons. The van der Waals surface area contributed by atoms with Crippen molar-refractivity contribution in [1.82, 2.24) is 0 Å². The SMILES string of the molecule is COc1cccc(/C=C2\N=C(c3ccc(Cl)c([N+](=O)[O-])c3)OC2=O)c1OCc1cccc(C)c1. The molecule has 1 aliphatic heterocycles. The number of hydrogen-bond donors (Lipinski definition) is 0. The van der Waals surface area contributed by atoms with Gasteiger partial charge >= 0.3 is 5.97 Å². The lowest BCUT2D eigenvalue weighted by molar-refractivity contribution is -0.384. The number of methoxy groups -OCH3 is 1. The number of aliphatic imine (C=N–C) groups is 1. The molecule has 0 fully saturated rings. The van der Waals surface area contributed by atoms with Gasteiger partial charge in [-0.15, -0.1) is 0 Å². The summed E-state index contributed by atoms with van der Waals surface area (Å²) >= 11 is 5.86. The molecule has 0 bridgehead atoms. The molecule has 0 amide bonds. The number of esters is 1. The average molecular weight is 479 g/mol. The quantitative estimate of drug-likeness (QED) is 0.193. The lowest BCUT2D eigenvalue weighted by Crippen LogP contribution is -2.06. The number of halogens is 1. The van der Waals surface area contributed by atoms with Crippen molar-refractivity contribution in [2.75, 3.05) is 7.11 Å². The summed E-state index contributed by atoms with van der Waals surface area (Å²) in [4.78, 5) is 27.3. The predicted octanol–water partition coefficient (Wildman–Crippen LogP) is 5.49. The highest BCUT2D eigenvalue weighted by Gasteiger charge is 2.27. The van der Waals surface area contributed by atoms with Crippen LogP contribution in [0.2, 0.25) is 5.02 Å². The minimum Gasteiger partial charge on any atom is -0.493 e. The van der Waals surface area contributed by atoms with Gasteiger partial charge in [-0.25, -0.2) is 9.79 Å². The van der Waals surface area contributed by atoms with Crippen molar-refractivity contribution in [2.45, 2.75) is 13.5 Å². The van der Waals surface area contributed by atoms with E-state index >= 15 is 0 Å². The minimum atomic E-state index is -0.694. The number of para-hydroxylation sites is 1. The van der Waals surface area contributed by atoms with Crippen LogP contribution in [0.25, 0.3) is 6.08 Å². The van der Waals surface area contributed by atoms with Crippen LogP contribution >= 0.6 is 11.6 Å². The zero-order chi connectivity index (χ0) is 24.2. The van der Waals surface area contributed by atoms with E-state index in [4.69, 9.17) is 25.8 Å². The molecule has 0 atom stereocenters. The summed E-state index contributed by atoms with van der Waals surface area (Å²) in [6, 6.07) is 17.2. The van der Waals surface area contributed by atoms with Crippen molar-refractivity contribution < 1.29 is 23.9 Å². The van der Waals surface area contributed by atoms with E-state index in [-0.39, 0.29) is 27.9 Å². The molecule has 1 heterocycles. The molecule has 3 aromatic carbocycles. The van der Waals surface area contributed by atoms with Crippen LogP contribution < -0.4 is 9.47 Å². The second kappa shape index (κ2) is 9.76. The zero-order valence-electron chi connectivity index (χ0n) is 18.3. The number of benzene rings is 3. The third-order valence-electron chi connectivity index (χ3n) is 5.00. The molecule has 34 heavy (non-hydrogen) atoms. The summed E-state index contributed by atoms with van der Waals surface area (Å²) in [6.45, 7) is 2.30. The van der Waals surface area contributed by atoms with Crippen LogP contribution in [-0.4, -0.2) is 23.9 Å². The number of nitro groups is 1. The van der Waals surface area contributed by atoms with Gasteiger partial charge in [0.05, 0.1) is 12.0 Å². The van der Waals surface area contributed by atoms with Gasteiger partial charge in [-0.1, -0.05) is 53.6 Å². The van der Waals surface area contributed by atoms with E-state index in [9.17, 15) is 14.9 Å². The summed E-state index contributed by atoms with van der Waals surface area (Å²) in [6.07, 6.45) is 1.52. The van der Waals surface area contributed by atoms with E-state index in [1.807, 2.05) is 31.2 Å². The maximum absolute atomic E-state index is 12.5. The topological polar surface area (TPSA) is 100 Å². The second-order valence-corrected chi connectivity index (χ2v) is 7.82. The molecule has 0 saturated carbocycles. The van der Waals surface area contributed by atoms with Gasteiger partial charge in [0.25, 0.3) is 5.69 Å². The average Bonchev–Trinajstić information content (AvgIpc) is 3.18. The smallest absolute Gasteiger partial charge is 0.363 e. The summed E-state index contributed by atoms with van der Waals surface area (Å²) in [5.74, 6) is 0.185. The Morgan fingerprint density at radius 3 is 2.68 bits per heavy atom. The maximum Gasteiger partial charge on any atom is 0.363 e. The maximum atomic E-state index is 12.5. The van der Waals surface area contributed by atoms with E-state index in [1.165, 1.54) is 31.4 Å². The molecule has 0 saturated heterocycles. The fraction of sp³-hybridized carbons (Fsp3) is 0.120. The van der Waals surface area contributed by atoms with Gasteiger partial charge in [-0.05, 0) is 36.8 Å². The summed E-state index contributed by atoms with van der Waals surface area (Å²) < 4.78 is 16.7. The lowest BCUT2D eigenvalue weighted by atomic mass is 10.1. The van der Waals surface area contributed by atoms with Crippen molar-refractivity contribution in [1.29, 1.82) is 0 Å². The number of nitro benzene ring substituents is 1. The number of hydrogen-bond acceptors (Lipinski definition) is 7. The van der Waals surface area contributed by atoms with Crippen molar-refractivity contribution in [3.05, 3.63) is 104 Å². The Morgan fingerprint density at radius 2 is 1.94 bits per heavy atom. The van der Waals surface area contributed by atoms with Gasteiger partial charge < -0.3 is 14.2 Å². The molecular weight excluding hydrogens is 460 g/mol. The summed E-state index contributed by atoms with van der Waals surface area (Å²) in [7, 11) is 1.53. The number of carbonyl (C=O) groups is 1. The van der Waals surface area contributed by atoms with Crippen LogP contribution in [-0.2, 0) is 16.1 Å². The second-order valence-electron chi connectivity index (χ2n) is 7.42. The third kappa shape index (κ3) is 4.92. The number of ether oxygens (including phenoxy) is 3. The Labute approximate surface area is 200 Å². The Hall–Kier alpha value is -4.17. The fourth-order valence-electron chi connectivity index (χ4n) is 3.38. The Morgan fingerprint density at radius 1 is 1.15 bits per heavy atom. The first-order valence-electron chi connectivity index (χ1n) is 10.2. The van der Waals surface area contributed by atoms with Gasteiger partial charge in [0.2, 0.25) is 5.90 Å². The fourth-order valence-corrected chi connectivity index (χ4v) is 3.57. The number of aryl methyl sites for hydroxylation is 1. The van der Waals surface area contributed by atoms with Gasteiger partial charge in [0.1, 0.15) is 11.6 Å². The molecule has 0 aromatic heterocycles. The van der Waals surface area contributed by atoms with Gasteiger partial charge in [-0.3, -0.25) is 10.1 Å². The van der Waals surface area contributed by atoms with Crippen molar-refractivity contribution in [3.8, 4) is 11.5 Å². The van der Waals surface area contributed by atoms with E-state index in [0.29, 0.717) is 23.7 Å². The molecule has 0 aliphatic carbocycles. The van der Waals surface area contributed by atoms with Crippen LogP contribution in [0.5, 0.6) is 11.5 Å². The Kier molecular flexibility index (Phi) is 6.60. The molecule has 9 heteroatoms. The number of cyclic esters (lactones) is 1. The van der Waals surface area contributed by atoms with Crippen molar-refractivity contribution in [3.63, 3.8) is 0 Å². The summed E-state index contributed by atoms with van der Waals surface area (Å²) in [5, 5.41) is 11.1.